The molecule has 2 bridgehead atoms. The van der Waals surface area contributed by atoms with Crippen LogP contribution in [0, 0.1) is 17.7 Å². The lowest BCUT2D eigenvalue weighted by Crippen LogP contribution is -2.42. The second-order valence-electron chi connectivity index (χ2n) is 8.08. The largest absolute Gasteiger partial charge is 0.369 e. The van der Waals surface area contributed by atoms with E-state index in [-0.39, 0.29) is 17.6 Å². The zero-order valence-electron chi connectivity index (χ0n) is 15.6. The maximum Gasteiger partial charge on any atom is 0.225 e. The Balaban J connectivity index is 1.24. The van der Waals surface area contributed by atoms with E-state index in [4.69, 9.17) is 4.74 Å². The van der Waals surface area contributed by atoms with Gasteiger partial charge >= 0.3 is 0 Å². The number of rotatable bonds is 5. The fourth-order valence-electron chi connectivity index (χ4n) is 5.16. The third kappa shape index (κ3) is 3.03. The number of carbonyl (C=O) groups is 1. The molecular weight excluding hydrogens is 359 g/mol. The molecule has 0 aliphatic carbocycles. The second-order valence-corrected chi connectivity index (χ2v) is 8.08. The van der Waals surface area contributed by atoms with Gasteiger partial charge in [0.1, 0.15) is 0 Å². The van der Waals surface area contributed by atoms with Crippen molar-refractivity contribution in [3.8, 4) is 0 Å². The highest BCUT2D eigenvalue weighted by Gasteiger charge is 2.63. The van der Waals surface area contributed by atoms with E-state index < -0.39 is 5.82 Å². The number of nitrogens with zero attached hydrogens (tertiary/aromatic N) is 3. The number of carbonyl (C=O) groups excluding carboxylic acids is 1. The summed E-state index contributed by atoms with van der Waals surface area (Å²) in [6.07, 6.45) is 5.05. The van der Waals surface area contributed by atoms with Crippen molar-refractivity contribution < 1.29 is 13.9 Å². The van der Waals surface area contributed by atoms with E-state index in [0.29, 0.717) is 30.7 Å². The van der Waals surface area contributed by atoms with E-state index >= 15 is 0 Å². The van der Waals surface area contributed by atoms with Crippen LogP contribution in [0.15, 0.2) is 42.7 Å². The Morgan fingerprint density at radius 3 is 2.86 bits per heavy atom. The molecule has 7 heteroatoms. The number of halogens is 1. The van der Waals surface area contributed by atoms with E-state index in [1.807, 2.05) is 30.3 Å². The van der Waals surface area contributed by atoms with Gasteiger partial charge in [-0.05, 0) is 18.4 Å². The summed E-state index contributed by atoms with van der Waals surface area (Å²) in [7, 11) is 0. The molecule has 2 aromatic rings. The standard InChI is InChI=1S/C21H23FN4O2/c22-15-9-24-20(25-10-15)26-12-17-16(18-6-7-21(17,13-26)28-18)11-23-19(27)8-14-4-2-1-3-5-14/h1-5,9-10,16-18H,6-8,11-13H2,(H,23,27)/t16-,17+,18+,21+/m0/s1. The van der Waals surface area contributed by atoms with Crippen molar-refractivity contribution in [2.75, 3.05) is 24.5 Å². The minimum Gasteiger partial charge on any atom is -0.369 e. The fourth-order valence-corrected chi connectivity index (χ4v) is 5.16. The first-order chi connectivity index (χ1) is 13.6. The number of ether oxygens (including phenoxy) is 1. The molecule has 0 unspecified atom stereocenters. The predicted molar refractivity (Wildman–Crippen MR) is 101 cm³/mol. The van der Waals surface area contributed by atoms with Gasteiger partial charge in [0.2, 0.25) is 11.9 Å². The maximum absolute atomic E-state index is 13.1. The van der Waals surface area contributed by atoms with Crippen LogP contribution in [0.3, 0.4) is 0 Å². The average molecular weight is 382 g/mol. The van der Waals surface area contributed by atoms with Crippen molar-refractivity contribution in [2.24, 2.45) is 11.8 Å². The van der Waals surface area contributed by atoms with Crippen LogP contribution in [0.25, 0.3) is 0 Å². The Hall–Kier alpha value is -2.54. The minimum absolute atomic E-state index is 0.0414. The zero-order valence-corrected chi connectivity index (χ0v) is 15.6. The second kappa shape index (κ2) is 6.81. The van der Waals surface area contributed by atoms with Crippen LogP contribution in [0.2, 0.25) is 0 Å². The number of amides is 1. The molecule has 146 valence electrons. The van der Waals surface area contributed by atoms with Crippen LogP contribution < -0.4 is 10.2 Å². The summed E-state index contributed by atoms with van der Waals surface area (Å²) in [5, 5.41) is 3.11. The monoisotopic (exact) mass is 382 g/mol. The first kappa shape index (κ1) is 17.6. The summed E-state index contributed by atoms with van der Waals surface area (Å²) in [5.74, 6) is 0.775. The Morgan fingerprint density at radius 2 is 2.07 bits per heavy atom. The lowest BCUT2D eigenvalue weighted by atomic mass is 9.73. The highest BCUT2D eigenvalue weighted by atomic mass is 19.1. The van der Waals surface area contributed by atoms with Crippen LogP contribution in [-0.2, 0) is 16.0 Å². The number of fused-ring (bicyclic) bond motifs is 1. The number of hydrogen-bond donors (Lipinski definition) is 1. The minimum atomic E-state index is -0.433. The van der Waals surface area contributed by atoms with E-state index in [1.165, 1.54) is 12.4 Å². The molecule has 1 N–H and O–H groups in total. The van der Waals surface area contributed by atoms with Gasteiger partial charge in [0.15, 0.2) is 5.82 Å². The van der Waals surface area contributed by atoms with Crippen molar-refractivity contribution in [1.82, 2.24) is 15.3 Å². The Labute approximate surface area is 163 Å². The zero-order chi connectivity index (χ0) is 19.1. The quantitative estimate of drug-likeness (QED) is 0.856. The number of anilines is 1. The normalized spacial score (nSPS) is 30.5. The molecule has 5 rings (SSSR count). The van der Waals surface area contributed by atoms with Crippen LogP contribution >= 0.6 is 0 Å². The van der Waals surface area contributed by atoms with Crippen LogP contribution in [0.5, 0.6) is 0 Å². The molecule has 3 fully saturated rings. The summed E-state index contributed by atoms with van der Waals surface area (Å²) in [4.78, 5) is 22.7. The summed E-state index contributed by atoms with van der Waals surface area (Å²) in [5.41, 5.74) is 0.832. The molecule has 0 radical (unpaired) electrons. The smallest absolute Gasteiger partial charge is 0.225 e. The third-order valence-corrected chi connectivity index (χ3v) is 6.42. The highest BCUT2D eigenvalue weighted by molar-refractivity contribution is 5.78. The molecule has 3 aliphatic rings. The summed E-state index contributed by atoms with van der Waals surface area (Å²) in [6, 6.07) is 9.77. The molecule has 3 saturated heterocycles. The van der Waals surface area contributed by atoms with E-state index in [0.717, 1.165) is 31.5 Å². The summed E-state index contributed by atoms with van der Waals surface area (Å²) < 4.78 is 19.5. The molecule has 1 aromatic heterocycles. The first-order valence-electron chi connectivity index (χ1n) is 9.84. The van der Waals surface area contributed by atoms with Crippen molar-refractivity contribution in [3.63, 3.8) is 0 Å². The molecule has 1 aromatic carbocycles. The Kier molecular flexibility index (Phi) is 4.27. The average Bonchev–Trinajstić information content (AvgIpc) is 3.36. The van der Waals surface area contributed by atoms with Crippen LogP contribution in [0.4, 0.5) is 10.3 Å². The lowest BCUT2D eigenvalue weighted by molar-refractivity contribution is -0.120. The molecule has 6 nitrogen and oxygen atoms in total. The van der Waals surface area contributed by atoms with Crippen LogP contribution in [0.1, 0.15) is 18.4 Å². The number of nitrogens with one attached hydrogen (secondary N) is 1. The van der Waals surface area contributed by atoms with E-state index in [1.54, 1.807) is 0 Å². The molecule has 4 atom stereocenters. The molecule has 0 saturated carbocycles. The van der Waals surface area contributed by atoms with Crippen molar-refractivity contribution >= 4 is 11.9 Å². The van der Waals surface area contributed by atoms with Gasteiger partial charge in [-0.3, -0.25) is 4.79 Å². The Morgan fingerprint density at radius 1 is 1.29 bits per heavy atom. The molecule has 1 spiro atoms. The van der Waals surface area contributed by atoms with Crippen molar-refractivity contribution in [3.05, 3.63) is 54.1 Å². The Bertz CT molecular complexity index is 862. The third-order valence-electron chi connectivity index (χ3n) is 6.42. The molecule has 28 heavy (non-hydrogen) atoms. The number of aromatic nitrogens is 2. The fraction of sp³-hybridized carbons (Fsp3) is 0.476. The van der Waals surface area contributed by atoms with Gasteiger partial charge in [-0.2, -0.15) is 0 Å². The van der Waals surface area contributed by atoms with Gasteiger partial charge in [0, 0.05) is 24.9 Å². The van der Waals surface area contributed by atoms with Crippen molar-refractivity contribution in [1.29, 1.82) is 0 Å². The topological polar surface area (TPSA) is 67.4 Å². The van der Waals surface area contributed by atoms with Gasteiger partial charge < -0.3 is 15.0 Å². The van der Waals surface area contributed by atoms with Gasteiger partial charge in [0.05, 0.1) is 37.1 Å². The lowest BCUT2D eigenvalue weighted by Gasteiger charge is -2.29. The van der Waals surface area contributed by atoms with Gasteiger partial charge in [-0.25, -0.2) is 14.4 Å². The summed E-state index contributed by atoms with van der Waals surface area (Å²) in [6.45, 7) is 2.14. The number of benzene rings is 1. The maximum atomic E-state index is 13.1. The van der Waals surface area contributed by atoms with E-state index in [2.05, 4.69) is 20.2 Å². The molecule has 4 heterocycles. The van der Waals surface area contributed by atoms with Gasteiger partial charge in [-0.1, -0.05) is 30.3 Å². The molecular formula is C21H23FN4O2. The molecule has 3 aliphatic heterocycles. The van der Waals surface area contributed by atoms with Crippen LogP contribution in [-0.4, -0.2) is 47.2 Å². The highest BCUT2D eigenvalue weighted by Crippen LogP contribution is 2.54. The van der Waals surface area contributed by atoms with Gasteiger partial charge in [0.25, 0.3) is 0 Å². The number of hydrogen-bond acceptors (Lipinski definition) is 5. The summed E-state index contributed by atoms with van der Waals surface area (Å²) >= 11 is 0. The van der Waals surface area contributed by atoms with Crippen molar-refractivity contribution in [2.45, 2.75) is 31.0 Å². The molecule has 1 amide bonds. The first-order valence-corrected chi connectivity index (χ1v) is 9.84. The van der Waals surface area contributed by atoms with E-state index in [9.17, 15) is 9.18 Å². The SMILES string of the molecule is O=C(Cc1ccccc1)NC[C@H]1[C@H]2CN(c3ncc(F)cn3)C[C@]23CC[C@H]1O3. The predicted octanol–water partition coefficient (Wildman–Crippen LogP) is 1.96. The van der Waals surface area contributed by atoms with Gasteiger partial charge in [-0.15, -0.1) is 0 Å².